The predicted molar refractivity (Wildman–Crippen MR) is 43.4 cm³/mol. The maximum Gasteiger partial charge on any atom is 0.391 e. The standard InChI is InChI=1S/C5H6N6O2/c1-3-7-4(11(12)13)5(8-9-6)10(3)2/h1-2H3. The molecule has 1 heterocycles. The lowest BCUT2D eigenvalue weighted by molar-refractivity contribution is -0.388. The van der Waals surface area contributed by atoms with Crippen LogP contribution in [0.15, 0.2) is 5.11 Å². The third-order valence-electron chi connectivity index (χ3n) is 1.58. The minimum absolute atomic E-state index is 0.0787. The second-order valence-electron chi connectivity index (χ2n) is 2.31. The van der Waals surface area contributed by atoms with Crippen LogP contribution >= 0.6 is 0 Å². The van der Waals surface area contributed by atoms with Gasteiger partial charge in [-0.25, -0.2) is 0 Å². The van der Waals surface area contributed by atoms with Gasteiger partial charge in [-0.1, -0.05) is 0 Å². The van der Waals surface area contributed by atoms with Crippen molar-refractivity contribution < 1.29 is 4.92 Å². The number of nitro groups is 1. The Bertz CT molecular complexity index is 401. The molecule has 0 amide bonds. The van der Waals surface area contributed by atoms with E-state index < -0.39 is 10.7 Å². The van der Waals surface area contributed by atoms with Gasteiger partial charge in [-0.2, -0.15) is 0 Å². The van der Waals surface area contributed by atoms with Crippen LogP contribution in [0.25, 0.3) is 10.4 Å². The Morgan fingerprint density at radius 1 is 1.77 bits per heavy atom. The van der Waals surface area contributed by atoms with Gasteiger partial charge in [0.2, 0.25) is 11.6 Å². The lowest BCUT2D eigenvalue weighted by Gasteiger charge is -1.92. The molecule has 0 spiro atoms. The molecule has 0 atom stereocenters. The van der Waals surface area contributed by atoms with Gasteiger partial charge in [0, 0.05) is 18.9 Å². The van der Waals surface area contributed by atoms with Crippen LogP contribution in [-0.4, -0.2) is 14.5 Å². The number of nitrogens with zero attached hydrogens (tertiary/aromatic N) is 6. The molecular weight excluding hydrogens is 176 g/mol. The van der Waals surface area contributed by atoms with E-state index in [1.54, 1.807) is 14.0 Å². The molecule has 1 aromatic rings. The molecule has 1 rings (SSSR count). The van der Waals surface area contributed by atoms with Crippen molar-refractivity contribution in [3.63, 3.8) is 0 Å². The largest absolute Gasteiger partial charge is 0.391 e. The first-order valence-corrected chi connectivity index (χ1v) is 3.30. The third kappa shape index (κ3) is 1.42. The summed E-state index contributed by atoms with van der Waals surface area (Å²) in [5.74, 6) is -0.0723. The monoisotopic (exact) mass is 182 g/mol. The molecule has 0 aromatic carbocycles. The first-order chi connectivity index (χ1) is 6.07. The minimum Gasteiger partial charge on any atom is -0.358 e. The Hall–Kier alpha value is -2.08. The van der Waals surface area contributed by atoms with Crippen molar-refractivity contribution in [1.29, 1.82) is 0 Å². The first kappa shape index (κ1) is 9.01. The molecule has 0 aliphatic carbocycles. The van der Waals surface area contributed by atoms with E-state index in [1.807, 2.05) is 0 Å². The molecule has 1 aromatic heterocycles. The molecule has 0 radical (unpaired) electrons. The van der Waals surface area contributed by atoms with Crippen LogP contribution in [0.5, 0.6) is 0 Å². The summed E-state index contributed by atoms with van der Waals surface area (Å²) < 4.78 is 1.36. The Morgan fingerprint density at radius 2 is 2.38 bits per heavy atom. The van der Waals surface area contributed by atoms with E-state index in [0.29, 0.717) is 5.82 Å². The summed E-state index contributed by atoms with van der Waals surface area (Å²) in [6.45, 7) is 1.59. The van der Waals surface area contributed by atoms with Gasteiger partial charge in [0.25, 0.3) is 0 Å². The molecule has 0 N–H and O–H groups in total. The number of aromatic nitrogens is 2. The fourth-order valence-electron chi connectivity index (χ4n) is 0.858. The van der Waals surface area contributed by atoms with Crippen LogP contribution in [0.1, 0.15) is 5.82 Å². The summed E-state index contributed by atoms with van der Waals surface area (Å²) in [5.41, 5.74) is 8.15. The Kier molecular flexibility index (Phi) is 2.16. The van der Waals surface area contributed by atoms with Crippen molar-refractivity contribution >= 4 is 11.6 Å². The molecule has 8 nitrogen and oxygen atoms in total. The highest BCUT2D eigenvalue weighted by atomic mass is 16.6. The number of hydrogen-bond acceptors (Lipinski definition) is 4. The highest BCUT2D eigenvalue weighted by molar-refractivity contribution is 5.48. The molecule has 68 valence electrons. The van der Waals surface area contributed by atoms with Crippen LogP contribution < -0.4 is 0 Å². The fraction of sp³-hybridized carbons (Fsp3) is 0.400. The lowest BCUT2D eigenvalue weighted by Crippen LogP contribution is -1.89. The Labute approximate surface area is 72.6 Å². The molecular formula is C5H6N6O2. The third-order valence-corrected chi connectivity index (χ3v) is 1.58. The van der Waals surface area contributed by atoms with Gasteiger partial charge < -0.3 is 14.7 Å². The van der Waals surface area contributed by atoms with E-state index in [-0.39, 0.29) is 5.82 Å². The van der Waals surface area contributed by atoms with Crippen molar-refractivity contribution in [2.24, 2.45) is 12.2 Å². The first-order valence-electron chi connectivity index (χ1n) is 3.30. The predicted octanol–water partition coefficient (Wildman–Crippen LogP) is 1.58. The van der Waals surface area contributed by atoms with E-state index >= 15 is 0 Å². The van der Waals surface area contributed by atoms with Gasteiger partial charge in [-0.15, -0.1) is 0 Å². The average Bonchev–Trinajstić information content (AvgIpc) is 2.33. The summed E-state index contributed by atoms with van der Waals surface area (Å²) in [5, 5.41) is 13.6. The maximum atomic E-state index is 10.4. The summed E-state index contributed by atoms with van der Waals surface area (Å²) in [7, 11) is 1.54. The number of aryl methyl sites for hydroxylation is 1. The van der Waals surface area contributed by atoms with E-state index in [2.05, 4.69) is 15.0 Å². The van der Waals surface area contributed by atoms with Crippen molar-refractivity contribution in [3.05, 3.63) is 26.4 Å². The van der Waals surface area contributed by atoms with Crippen molar-refractivity contribution in [3.8, 4) is 0 Å². The molecule has 0 aliphatic heterocycles. The Morgan fingerprint density at radius 3 is 2.85 bits per heavy atom. The zero-order valence-corrected chi connectivity index (χ0v) is 7.00. The molecule has 8 heteroatoms. The zero-order chi connectivity index (χ0) is 10.0. The molecule has 13 heavy (non-hydrogen) atoms. The van der Waals surface area contributed by atoms with E-state index in [0.717, 1.165) is 0 Å². The zero-order valence-electron chi connectivity index (χ0n) is 7.00. The normalized spacial score (nSPS) is 9.38. The molecule has 0 unspecified atom stereocenters. The molecule has 0 saturated carbocycles. The van der Waals surface area contributed by atoms with E-state index in [9.17, 15) is 10.1 Å². The highest BCUT2D eigenvalue weighted by Crippen LogP contribution is 2.26. The summed E-state index contributed by atoms with van der Waals surface area (Å²) in [6.07, 6.45) is 0. The molecule has 0 saturated heterocycles. The van der Waals surface area contributed by atoms with Crippen LogP contribution in [0.3, 0.4) is 0 Å². The SMILES string of the molecule is Cc1nc([N+](=O)[O-])c(N=[N+]=[N-])n1C. The second-order valence-corrected chi connectivity index (χ2v) is 2.31. The van der Waals surface area contributed by atoms with Crippen LogP contribution in [0.2, 0.25) is 0 Å². The number of imidazole rings is 1. The van der Waals surface area contributed by atoms with Crippen LogP contribution in [0, 0.1) is 17.0 Å². The lowest BCUT2D eigenvalue weighted by atomic mass is 10.6. The summed E-state index contributed by atoms with van der Waals surface area (Å²) in [6, 6.07) is 0. The molecule has 0 fully saturated rings. The van der Waals surface area contributed by atoms with E-state index in [1.165, 1.54) is 4.57 Å². The van der Waals surface area contributed by atoms with Crippen molar-refractivity contribution in [2.45, 2.75) is 6.92 Å². The molecule has 0 bridgehead atoms. The van der Waals surface area contributed by atoms with Gasteiger partial charge >= 0.3 is 5.82 Å². The number of azide groups is 1. The van der Waals surface area contributed by atoms with Crippen LogP contribution in [0.4, 0.5) is 11.6 Å². The smallest absolute Gasteiger partial charge is 0.358 e. The summed E-state index contributed by atoms with van der Waals surface area (Å²) in [4.78, 5) is 15.8. The maximum absolute atomic E-state index is 10.4. The average molecular weight is 182 g/mol. The fourth-order valence-corrected chi connectivity index (χ4v) is 0.858. The topological polar surface area (TPSA) is 110 Å². The highest BCUT2D eigenvalue weighted by Gasteiger charge is 2.21. The number of hydrogen-bond donors (Lipinski definition) is 0. The van der Waals surface area contributed by atoms with Gasteiger partial charge in [0.1, 0.15) is 0 Å². The Balaban J connectivity index is 3.43. The van der Waals surface area contributed by atoms with Gasteiger partial charge in [-0.05, 0) is 20.6 Å². The van der Waals surface area contributed by atoms with Gasteiger partial charge in [0.15, 0.2) is 0 Å². The number of rotatable bonds is 2. The minimum atomic E-state index is -0.684. The molecule has 0 aliphatic rings. The van der Waals surface area contributed by atoms with Crippen molar-refractivity contribution in [2.75, 3.05) is 0 Å². The van der Waals surface area contributed by atoms with E-state index in [4.69, 9.17) is 5.53 Å². The van der Waals surface area contributed by atoms with Crippen molar-refractivity contribution in [1.82, 2.24) is 9.55 Å². The van der Waals surface area contributed by atoms with Crippen LogP contribution in [-0.2, 0) is 7.05 Å². The van der Waals surface area contributed by atoms with Gasteiger partial charge in [-0.3, -0.25) is 0 Å². The second kappa shape index (κ2) is 3.11. The van der Waals surface area contributed by atoms with Gasteiger partial charge in [0.05, 0.1) is 0 Å². The summed E-state index contributed by atoms with van der Waals surface area (Å²) >= 11 is 0. The quantitative estimate of drug-likeness (QED) is 0.227.